The van der Waals surface area contributed by atoms with Crippen LogP contribution in [0.3, 0.4) is 0 Å². The van der Waals surface area contributed by atoms with Gasteiger partial charge in [-0.25, -0.2) is 4.98 Å². The number of hydrogen-bond acceptors (Lipinski definition) is 5. The van der Waals surface area contributed by atoms with Crippen molar-refractivity contribution >= 4 is 11.5 Å². The van der Waals surface area contributed by atoms with Crippen LogP contribution in [0.15, 0.2) is 103 Å². The van der Waals surface area contributed by atoms with Gasteiger partial charge in [0.05, 0.1) is 16.5 Å². The second-order valence-electron chi connectivity index (χ2n) is 7.20. The zero-order valence-corrected chi connectivity index (χ0v) is 16.8. The first kappa shape index (κ1) is 20.2. The van der Waals surface area contributed by atoms with Crippen molar-refractivity contribution in [1.29, 1.82) is 0 Å². The second kappa shape index (κ2) is 9.63. The van der Waals surface area contributed by atoms with Gasteiger partial charge >= 0.3 is 0 Å². The van der Waals surface area contributed by atoms with Crippen LogP contribution in [0.4, 0.5) is 11.5 Å². The molecule has 0 fully saturated rings. The van der Waals surface area contributed by atoms with Crippen molar-refractivity contribution in [2.45, 2.75) is 18.4 Å². The molecule has 6 heteroatoms. The number of nitrogens with zero attached hydrogens (tertiary/aromatic N) is 3. The fourth-order valence-electron chi connectivity index (χ4n) is 3.78. The molecule has 0 aliphatic carbocycles. The Morgan fingerprint density at radius 3 is 2.16 bits per heavy atom. The molecule has 0 aliphatic heterocycles. The summed E-state index contributed by atoms with van der Waals surface area (Å²) in [7, 11) is 0. The third-order valence-corrected chi connectivity index (χ3v) is 5.21. The SMILES string of the molecule is O=[N+]([O-])c1ccccc1[C@@H](Nc1ccccn1)[C@@H](Cc1ccccc1)c1ccccn1. The number of nitro groups is 1. The van der Waals surface area contributed by atoms with E-state index >= 15 is 0 Å². The van der Waals surface area contributed by atoms with E-state index in [0.717, 1.165) is 11.3 Å². The van der Waals surface area contributed by atoms with Crippen molar-refractivity contribution < 1.29 is 4.92 Å². The van der Waals surface area contributed by atoms with Gasteiger partial charge in [-0.1, -0.05) is 60.7 Å². The molecule has 2 heterocycles. The van der Waals surface area contributed by atoms with Crippen molar-refractivity contribution in [2.75, 3.05) is 5.32 Å². The molecule has 2 aromatic heterocycles. The molecule has 4 rings (SSSR count). The lowest BCUT2D eigenvalue weighted by atomic mass is 9.84. The van der Waals surface area contributed by atoms with Crippen LogP contribution < -0.4 is 5.32 Å². The summed E-state index contributed by atoms with van der Waals surface area (Å²) in [4.78, 5) is 20.5. The molecule has 0 saturated carbocycles. The third kappa shape index (κ3) is 4.93. The van der Waals surface area contributed by atoms with E-state index in [-0.39, 0.29) is 16.5 Å². The van der Waals surface area contributed by atoms with E-state index in [9.17, 15) is 10.1 Å². The summed E-state index contributed by atoms with van der Waals surface area (Å²) in [5.74, 6) is 0.492. The summed E-state index contributed by atoms with van der Waals surface area (Å²) in [5, 5.41) is 15.3. The number of pyridine rings is 2. The van der Waals surface area contributed by atoms with Crippen molar-refractivity contribution in [2.24, 2.45) is 0 Å². The Kier molecular flexibility index (Phi) is 6.28. The van der Waals surface area contributed by atoms with Crippen LogP contribution in [-0.2, 0) is 6.42 Å². The first-order chi connectivity index (χ1) is 15.2. The molecule has 0 aliphatic rings. The lowest BCUT2D eigenvalue weighted by molar-refractivity contribution is -0.385. The highest BCUT2D eigenvalue weighted by Crippen LogP contribution is 2.39. The number of hydrogen-bond donors (Lipinski definition) is 1. The summed E-state index contributed by atoms with van der Waals surface area (Å²) in [6, 6.07) is 27.9. The minimum Gasteiger partial charge on any atom is -0.362 e. The Morgan fingerprint density at radius 2 is 1.48 bits per heavy atom. The van der Waals surface area contributed by atoms with Crippen LogP contribution in [0.2, 0.25) is 0 Å². The van der Waals surface area contributed by atoms with Crippen molar-refractivity contribution in [3.63, 3.8) is 0 Å². The Bertz CT molecular complexity index is 1120. The quantitative estimate of drug-likeness (QED) is 0.304. The van der Waals surface area contributed by atoms with Gasteiger partial charge in [-0.15, -0.1) is 0 Å². The predicted octanol–water partition coefficient (Wildman–Crippen LogP) is 5.56. The molecule has 0 spiro atoms. The summed E-state index contributed by atoms with van der Waals surface area (Å²) >= 11 is 0. The van der Waals surface area contributed by atoms with Crippen molar-refractivity contribution in [1.82, 2.24) is 9.97 Å². The Balaban J connectivity index is 1.84. The molecular weight excluding hydrogens is 388 g/mol. The monoisotopic (exact) mass is 410 g/mol. The Labute approximate surface area is 180 Å². The van der Waals surface area contributed by atoms with Crippen LogP contribution in [-0.4, -0.2) is 14.9 Å². The van der Waals surface area contributed by atoms with Gasteiger partial charge in [-0.2, -0.15) is 0 Å². The number of anilines is 1. The minimum absolute atomic E-state index is 0.0740. The highest BCUT2D eigenvalue weighted by atomic mass is 16.6. The normalized spacial score (nSPS) is 12.6. The molecule has 2 atom stereocenters. The Hall–Kier alpha value is -4.06. The van der Waals surface area contributed by atoms with E-state index in [0.29, 0.717) is 17.8 Å². The molecule has 4 aromatic rings. The first-order valence-electron chi connectivity index (χ1n) is 10.1. The average molecular weight is 410 g/mol. The smallest absolute Gasteiger partial charge is 0.274 e. The predicted molar refractivity (Wildman–Crippen MR) is 121 cm³/mol. The number of nitrogens with one attached hydrogen (secondary N) is 1. The van der Waals surface area contributed by atoms with Gasteiger partial charge in [0.1, 0.15) is 5.82 Å². The van der Waals surface area contributed by atoms with Crippen LogP contribution in [0.5, 0.6) is 0 Å². The van der Waals surface area contributed by atoms with E-state index in [4.69, 9.17) is 0 Å². The van der Waals surface area contributed by atoms with E-state index < -0.39 is 6.04 Å². The van der Waals surface area contributed by atoms with Gasteiger partial charge in [0, 0.05) is 30.1 Å². The number of rotatable bonds is 8. The first-order valence-corrected chi connectivity index (χ1v) is 10.1. The van der Waals surface area contributed by atoms with Gasteiger partial charge in [-0.05, 0) is 36.2 Å². The number of benzene rings is 2. The van der Waals surface area contributed by atoms with Crippen LogP contribution >= 0.6 is 0 Å². The zero-order chi connectivity index (χ0) is 21.5. The molecular formula is C25H22N4O2. The molecule has 31 heavy (non-hydrogen) atoms. The van der Waals surface area contributed by atoms with Crippen molar-refractivity contribution in [3.8, 4) is 0 Å². The van der Waals surface area contributed by atoms with Gasteiger partial charge in [0.25, 0.3) is 5.69 Å². The Morgan fingerprint density at radius 1 is 0.806 bits per heavy atom. The van der Waals surface area contributed by atoms with E-state index in [2.05, 4.69) is 27.4 Å². The maximum atomic E-state index is 11.8. The number of nitro benzene ring substituents is 1. The van der Waals surface area contributed by atoms with Crippen LogP contribution in [0.1, 0.15) is 28.8 Å². The highest BCUT2D eigenvalue weighted by molar-refractivity contribution is 5.49. The van der Waals surface area contributed by atoms with Gasteiger partial charge in [0.15, 0.2) is 0 Å². The molecule has 6 nitrogen and oxygen atoms in total. The molecule has 154 valence electrons. The second-order valence-corrected chi connectivity index (χ2v) is 7.20. The fraction of sp³-hybridized carbons (Fsp3) is 0.120. The molecule has 0 bridgehead atoms. The van der Waals surface area contributed by atoms with Gasteiger partial charge in [0.2, 0.25) is 0 Å². The maximum Gasteiger partial charge on any atom is 0.274 e. The van der Waals surface area contributed by atoms with E-state index in [1.165, 1.54) is 0 Å². The van der Waals surface area contributed by atoms with Gasteiger partial charge < -0.3 is 5.32 Å². The van der Waals surface area contributed by atoms with E-state index in [1.54, 1.807) is 30.6 Å². The standard InChI is InChI=1S/C25H22N4O2/c30-29(31)23-14-5-4-12-20(23)25(28-24-15-7-9-17-27-24)21(22-13-6-8-16-26-22)18-19-10-2-1-3-11-19/h1-17,21,25H,18H2,(H,27,28)/t21-,25+/m0/s1. The third-order valence-electron chi connectivity index (χ3n) is 5.21. The minimum atomic E-state index is -0.411. The molecule has 0 radical (unpaired) electrons. The lowest BCUT2D eigenvalue weighted by Crippen LogP contribution is -2.23. The maximum absolute atomic E-state index is 11.8. The largest absolute Gasteiger partial charge is 0.362 e. The molecule has 0 saturated heterocycles. The van der Waals surface area contributed by atoms with Crippen molar-refractivity contribution in [3.05, 3.63) is 130 Å². The molecule has 0 unspecified atom stereocenters. The summed E-state index contributed by atoms with van der Waals surface area (Å²) in [6.07, 6.45) is 4.12. The highest BCUT2D eigenvalue weighted by Gasteiger charge is 2.31. The van der Waals surface area contributed by atoms with Gasteiger partial charge in [-0.3, -0.25) is 15.1 Å². The fourth-order valence-corrected chi connectivity index (χ4v) is 3.78. The average Bonchev–Trinajstić information content (AvgIpc) is 2.83. The van der Waals surface area contributed by atoms with E-state index in [1.807, 2.05) is 60.7 Å². The zero-order valence-electron chi connectivity index (χ0n) is 16.8. The molecule has 1 N–H and O–H groups in total. The number of para-hydroxylation sites is 1. The number of aromatic nitrogens is 2. The van der Waals surface area contributed by atoms with Crippen LogP contribution in [0.25, 0.3) is 0 Å². The summed E-state index contributed by atoms with van der Waals surface area (Å²) < 4.78 is 0. The molecule has 0 amide bonds. The van der Waals surface area contributed by atoms with Crippen LogP contribution in [0, 0.1) is 10.1 Å². The topological polar surface area (TPSA) is 81.0 Å². The molecule has 2 aromatic carbocycles. The summed E-state index contributed by atoms with van der Waals surface area (Å²) in [6.45, 7) is 0. The summed E-state index contributed by atoms with van der Waals surface area (Å²) in [5.41, 5.74) is 2.66. The lowest BCUT2D eigenvalue weighted by Gasteiger charge is -2.29.